The van der Waals surface area contributed by atoms with Crippen LogP contribution in [-0.2, 0) is 0 Å². The van der Waals surface area contributed by atoms with Gasteiger partial charge in [0.05, 0.1) is 5.56 Å². The molecule has 0 saturated carbocycles. The second kappa shape index (κ2) is 5.13. The van der Waals surface area contributed by atoms with Gasteiger partial charge in [0.15, 0.2) is 5.78 Å². The van der Waals surface area contributed by atoms with E-state index in [0.29, 0.717) is 5.56 Å². The van der Waals surface area contributed by atoms with Gasteiger partial charge in [-0.05, 0) is 31.2 Å². The fraction of sp³-hybridized carbons (Fsp3) is 0.0625. The van der Waals surface area contributed by atoms with Crippen LogP contribution in [0, 0.1) is 0 Å². The number of benzene rings is 2. The molecule has 3 rings (SSSR count). The minimum Gasteiger partial charge on any atom is -0.341 e. The van der Waals surface area contributed by atoms with Crippen molar-refractivity contribution < 1.29 is 4.79 Å². The third-order valence-electron chi connectivity index (χ3n) is 3.15. The van der Waals surface area contributed by atoms with Crippen molar-refractivity contribution in [3.63, 3.8) is 0 Å². The highest BCUT2D eigenvalue weighted by atomic mass is 79.9. The highest BCUT2D eigenvalue weighted by molar-refractivity contribution is 9.10. The molecule has 1 heterocycles. The van der Waals surface area contributed by atoms with E-state index in [2.05, 4.69) is 26.2 Å². The van der Waals surface area contributed by atoms with Crippen LogP contribution >= 0.6 is 15.9 Å². The lowest BCUT2D eigenvalue weighted by atomic mass is 10.1. The molecule has 0 spiro atoms. The van der Waals surface area contributed by atoms with Gasteiger partial charge in [0.25, 0.3) is 0 Å². The topological polar surface area (TPSA) is 44.9 Å². The smallest absolute Gasteiger partial charge is 0.164 e. The number of hydrogen-bond donors (Lipinski definition) is 2. The highest BCUT2D eigenvalue weighted by Gasteiger charge is 2.15. The fourth-order valence-corrected chi connectivity index (χ4v) is 2.71. The van der Waals surface area contributed by atoms with Crippen molar-refractivity contribution in [1.29, 1.82) is 0 Å². The summed E-state index contributed by atoms with van der Waals surface area (Å²) in [5, 5.41) is 4.22. The molecule has 2 aromatic carbocycles. The molecule has 0 aliphatic carbocycles. The molecule has 0 radical (unpaired) electrons. The molecule has 3 nitrogen and oxygen atoms in total. The number of carbonyl (C=O) groups excluding carboxylic acids is 1. The van der Waals surface area contributed by atoms with Crippen molar-refractivity contribution in [3.8, 4) is 0 Å². The first-order valence-electron chi connectivity index (χ1n) is 6.29. The molecule has 100 valence electrons. The Morgan fingerprint density at radius 1 is 1.15 bits per heavy atom. The SMILES string of the molecule is CC(=O)c1c(Nc2cccc(Br)c2)[nH]c2ccccc12. The normalized spacial score (nSPS) is 10.7. The summed E-state index contributed by atoms with van der Waals surface area (Å²) in [5.74, 6) is 0.775. The van der Waals surface area contributed by atoms with E-state index in [9.17, 15) is 4.79 Å². The average Bonchev–Trinajstić information content (AvgIpc) is 2.76. The summed E-state index contributed by atoms with van der Waals surface area (Å²) in [6, 6.07) is 15.6. The van der Waals surface area contributed by atoms with E-state index < -0.39 is 0 Å². The minimum absolute atomic E-state index is 0.0416. The summed E-state index contributed by atoms with van der Waals surface area (Å²) in [5.41, 5.74) is 2.57. The molecule has 1 aromatic heterocycles. The van der Waals surface area contributed by atoms with E-state index in [0.717, 1.165) is 26.9 Å². The Morgan fingerprint density at radius 3 is 2.70 bits per heavy atom. The van der Waals surface area contributed by atoms with Gasteiger partial charge in [-0.2, -0.15) is 0 Å². The summed E-state index contributed by atoms with van der Waals surface area (Å²) in [7, 11) is 0. The van der Waals surface area contributed by atoms with Gasteiger partial charge in [-0.15, -0.1) is 0 Å². The molecule has 0 atom stereocenters. The van der Waals surface area contributed by atoms with Crippen LogP contribution in [0.25, 0.3) is 10.9 Å². The number of fused-ring (bicyclic) bond motifs is 1. The predicted molar refractivity (Wildman–Crippen MR) is 85.7 cm³/mol. The van der Waals surface area contributed by atoms with E-state index in [1.54, 1.807) is 6.92 Å². The molecule has 0 bridgehead atoms. The van der Waals surface area contributed by atoms with Gasteiger partial charge in [-0.3, -0.25) is 4.79 Å². The van der Waals surface area contributed by atoms with Crippen molar-refractivity contribution in [3.05, 3.63) is 58.6 Å². The third-order valence-corrected chi connectivity index (χ3v) is 3.65. The summed E-state index contributed by atoms with van der Waals surface area (Å²) < 4.78 is 0.989. The van der Waals surface area contributed by atoms with Gasteiger partial charge in [0.2, 0.25) is 0 Å². The number of H-pyrrole nitrogens is 1. The first-order chi connectivity index (χ1) is 9.65. The molecule has 0 fully saturated rings. The van der Waals surface area contributed by atoms with E-state index in [4.69, 9.17) is 0 Å². The maximum atomic E-state index is 11.9. The van der Waals surface area contributed by atoms with Crippen LogP contribution in [0.5, 0.6) is 0 Å². The number of Topliss-reactive ketones (excluding diaryl/α,β-unsaturated/α-hetero) is 1. The highest BCUT2D eigenvalue weighted by Crippen LogP contribution is 2.29. The van der Waals surface area contributed by atoms with E-state index in [-0.39, 0.29) is 5.78 Å². The van der Waals surface area contributed by atoms with Gasteiger partial charge in [-0.25, -0.2) is 0 Å². The predicted octanol–water partition coefficient (Wildman–Crippen LogP) is 4.88. The lowest BCUT2D eigenvalue weighted by molar-refractivity contribution is 0.102. The van der Waals surface area contributed by atoms with Crippen LogP contribution in [-0.4, -0.2) is 10.8 Å². The first kappa shape index (κ1) is 12.9. The van der Waals surface area contributed by atoms with Crippen LogP contribution in [0.4, 0.5) is 11.5 Å². The van der Waals surface area contributed by atoms with Crippen LogP contribution in [0.3, 0.4) is 0 Å². The number of halogens is 1. The largest absolute Gasteiger partial charge is 0.341 e. The summed E-state index contributed by atoms with van der Waals surface area (Å²) >= 11 is 3.44. The fourth-order valence-electron chi connectivity index (χ4n) is 2.31. The van der Waals surface area contributed by atoms with E-state index in [1.807, 2.05) is 48.5 Å². The number of hydrogen-bond acceptors (Lipinski definition) is 2. The Bertz CT molecular complexity index is 792. The zero-order valence-corrected chi connectivity index (χ0v) is 12.5. The Hall–Kier alpha value is -2.07. The minimum atomic E-state index is 0.0416. The Kier molecular flexibility index (Phi) is 3.32. The molecular formula is C16H13BrN2O. The first-order valence-corrected chi connectivity index (χ1v) is 7.08. The van der Waals surface area contributed by atoms with Gasteiger partial charge in [0, 0.05) is 21.1 Å². The Labute approximate surface area is 125 Å². The molecule has 0 saturated heterocycles. The maximum Gasteiger partial charge on any atom is 0.164 e. The summed E-state index contributed by atoms with van der Waals surface area (Å²) in [6.45, 7) is 1.59. The summed E-state index contributed by atoms with van der Waals surface area (Å²) in [4.78, 5) is 15.2. The van der Waals surface area contributed by atoms with Gasteiger partial charge in [0.1, 0.15) is 5.82 Å². The average molecular weight is 329 g/mol. The monoisotopic (exact) mass is 328 g/mol. The quantitative estimate of drug-likeness (QED) is 0.673. The summed E-state index contributed by atoms with van der Waals surface area (Å²) in [6.07, 6.45) is 0. The number of aromatic amines is 1. The van der Waals surface area contributed by atoms with Crippen LogP contribution in [0.2, 0.25) is 0 Å². The molecule has 2 N–H and O–H groups in total. The van der Waals surface area contributed by atoms with Crippen molar-refractivity contribution in [1.82, 2.24) is 4.98 Å². The molecule has 0 amide bonds. The third kappa shape index (κ3) is 2.34. The Morgan fingerprint density at radius 2 is 1.95 bits per heavy atom. The number of carbonyl (C=O) groups is 1. The second-order valence-electron chi connectivity index (χ2n) is 4.61. The number of aromatic nitrogens is 1. The maximum absolute atomic E-state index is 11.9. The van der Waals surface area contributed by atoms with E-state index in [1.165, 1.54) is 0 Å². The van der Waals surface area contributed by atoms with Crippen molar-refractivity contribution in [2.24, 2.45) is 0 Å². The van der Waals surface area contributed by atoms with Crippen LogP contribution < -0.4 is 5.32 Å². The number of para-hydroxylation sites is 1. The Balaban J connectivity index is 2.11. The molecule has 0 unspecified atom stereocenters. The van der Waals surface area contributed by atoms with Crippen molar-refractivity contribution >= 4 is 44.1 Å². The standard InChI is InChI=1S/C16H13BrN2O/c1-10(20)15-13-7-2-3-8-14(13)19-16(15)18-12-6-4-5-11(17)9-12/h2-9,18-19H,1H3. The zero-order valence-electron chi connectivity index (χ0n) is 10.9. The van der Waals surface area contributed by atoms with Crippen molar-refractivity contribution in [2.75, 3.05) is 5.32 Å². The number of rotatable bonds is 3. The van der Waals surface area contributed by atoms with Gasteiger partial charge >= 0.3 is 0 Å². The van der Waals surface area contributed by atoms with Crippen molar-refractivity contribution in [2.45, 2.75) is 6.92 Å². The molecule has 0 aliphatic heterocycles. The van der Waals surface area contributed by atoms with E-state index >= 15 is 0 Å². The molecule has 0 aliphatic rings. The molecular weight excluding hydrogens is 316 g/mol. The number of nitrogens with one attached hydrogen (secondary N) is 2. The van der Waals surface area contributed by atoms with Crippen LogP contribution in [0.15, 0.2) is 53.0 Å². The second-order valence-corrected chi connectivity index (χ2v) is 5.53. The zero-order chi connectivity index (χ0) is 14.1. The lowest BCUT2D eigenvalue weighted by Crippen LogP contribution is -1.98. The van der Waals surface area contributed by atoms with Crippen LogP contribution in [0.1, 0.15) is 17.3 Å². The van der Waals surface area contributed by atoms with Gasteiger partial charge in [-0.1, -0.05) is 40.2 Å². The number of anilines is 2. The van der Waals surface area contributed by atoms with Gasteiger partial charge < -0.3 is 10.3 Å². The molecule has 20 heavy (non-hydrogen) atoms. The molecule has 3 aromatic rings. The number of ketones is 1. The molecule has 4 heteroatoms. The lowest BCUT2D eigenvalue weighted by Gasteiger charge is -2.06.